The maximum atomic E-state index is 10.8. The molecule has 2 aromatic rings. The van der Waals surface area contributed by atoms with Gasteiger partial charge in [-0.15, -0.1) is 0 Å². The molecule has 0 saturated heterocycles. The molecule has 0 spiro atoms. The Bertz CT molecular complexity index is 643. The number of benzene rings is 1. The largest absolute Gasteiger partial charge is 0.476 e. The number of aryl methyl sites for hydroxylation is 2. The molecule has 5 heteroatoms. The second kappa shape index (κ2) is 5.01. The van der Waals surface area contributed by atoms with Crippen molar-refractivity contribution in [2.75, 3.05) is 0 Å². The van der Waals surface area contributed by atoms with E-state index in [4.69, 9.17) is 5.11 Å². The molecule has 3 rings (SSSR count). The maximum Gasteiger partial charge on any atom is 0.356 e. The van der Waals surface area contributed by atoms with E-state index < -0.39 is 5.97 Å². The number of rotatable bonds is 3. The summed E-state index contributed by atoms with van der Waals surface area (Å²) in [7, 11) is 0. The molecular formula is C14H12N2O2S. The average Bonchev–Trinajstić information content (AvgIpc) is 2.86. The zero-order valence-electron chi connectivity index (χ0n) is 10.2. The summed E-state index contributed by atoms with van der Waals surface area (Å²) in [5, 5.41) is 9.50. The first-order valence-electron chi connectivity index (χ1n) is 6.07. The Balaban J connectivity index is 1.85. The monoisotopic (exact) mass is 272 g/mol. The Hall–Kier alpha value is -1.88. The van der Waals surface area contributed by atoms with Gasteiger partial charge in [0.1, 0.15) is 5.03 Å². The van der Waals surface area contributed by atoms with Gasteiger partial charge in [0.15, 0.2) is 5.69 Å². The van der Waals surface area contributed by atoms with Gasteiger partial charge in [0.25, 0.3) is 0 Å². The van der Waals surface area contributed by atoms with E-state index in [1.54, 1.807) is 6.20 Å². The van der Waals surface area contributed by atoms with Gasteiger partial charge in [-0.2, -0.15) is 0 Å². The first-order valence-corrected chi connectivity index (χ1v) is 6.89. The number of aromatic carboxylic acids is 1. The second-order valence-electron chi connectivity index (χ2n) is 4.43. The molecule has 1 aliphatic carbocycles. The molecule has 0 amide bonds. The summed E-state index contributed by atoms with van der Waals surface area (Å²) in [6.07, 6.45) is 6.36. The van der Waals surface area contributed by atoms with Crippen LogP contribution in [-0.2, 0) is 12.8 Å². The number of nitrogens with zero attached hydrogens (tertiary/aromatic N) is 2. The summed E-state index contributed by atoms with van der Waals surface area (Å²) in [6.45, 7) is 0. The van der Waals surface area contributed by atoms with Gasteiger partial charge in [0, 0.05) is 4.90 Å². The fraction of sp³-hybridized carbons (Fsp3) is 0.214. The number of hydrogen-bond acceptors (Lipinski definition) is 4. The highest BCUT2D eigenvalue weighted by molar-refractivity contribution is 7.99. The summed E-state index contributed by atoms with van der Waals surface area (Å²) >= 11 is 1.45. The minimum atomic E-state index is -1.05. The Morgan fingerprint density at radius 3 is 2.89 bits per heavy atom. The van der Waals surface area contributed by atoms with Crippen molar-refractivity contribution in [1.29, 1.82) is 0 Å². The Morgan fingerprint density at radius 1 is 1.21 bits per heavy atom. The fourth-order valence-corrected chi connectivity index (χ4v) is 3.07. The minimum absolute atomic E-state index is 0.0221. The zero-order valence-corrected chi connectivity index (χ0v) is 11.0. The van der Waals surface area contributed by atoms with Crippen molar-refractivity contribution in [3.8, 4) is 0 Å². The van der Waals surface area contributed by atoms with E-state index in [0.29, 0.717) is 5.03 Å². The van der Waals surface area contributed by atoms with E-state index >= 15 is 0 Å². The predicted molar refractivity (Wildman–Crippen MR) is 71.6 cm³/mol. The van der Waals surface area contributed by atoms with Crippen molar-refractivity contribution in [3.63, 3.8) is 0 Å². The smallest absolute Gasteiger partial charge is 0.356 e. The number of hydrogen-bond donors (Lipinski definition) is 1. The number of carboxylic acid groups (broad SMARTS) is 1. The molecule has 0 radical (unpaired) electrons. The molecule has 1 heterocycles. The quantitative estimate of drug-likeness (QED) is 0.930. The lowest BCUT2D eigenvalue weighted by atomic mass is 10.1. The van der Waals surface area contributed by atoms with E-state index in [-0.39, 0.29) is 5.69 Å². The van der Waals surface area contributed by atoms with Crippen LogP contribution in [-0.4, -0.2) is 21.0 Å². The number of fused-ring (bicyclic) bond motifs is 1. The Labute approximate surface area is 114 Å². The lowest BCUT2D eigenvalue weighted by Gasteiger charge is -2.04. The number of carbonyl (C=O) groups is 1. The minimum Gasteiger partial charge on any atom is -0.476 e. The average molecular weight is 272 g/mol. The lowest BCUT2D eigenvalue weighted by Crippen LogP contribution is -2.01. The van der Waals surface area contributed by atoms with Gasteiger partial charge in [-0.3, -0.25) is 4.98 Å². The Morgan fingerprint density at radius 2 is 2.05 bits per heavy atom. The normalized spacial score (nSPS) is 13.3. The molecule has 0 aliphatic heterocycles. The van der Waals surface area contributed by atoms with Crippen LogP contribution in [0.2, 0.25) is 0 Å². The molecule has 0 atom stereocenters. The van der Waals surface area contributed by atoms with Crippen molar-refractivity contribution < 1.29 is 9.90 Å². The molecule has 0 fully saturated rings. The highest BCUT2D eigenvalue weighted by Crippen LogP contribution is 2.30. The van der Waals surface area contributed by atoms with Crippen LogP contribution >= 0.6 is 11.8 Å². The third kappa shape index (κ3) is 2.61. The molecule has 96 valence electrons. The predicted octanol–water partition coefficient (Wildman–Crippen LogP) is 2.81. The van der Waals surface area contributed by atoms with Crippen LogP contribution in [0.1, 0.15) is 28.0 Å². The van der Waals surface area contributed by atoms with Crippen LogP contribution in [0.15, 0.2) is 40.5 Å². The van der Waals surface area contributed by atoms with Crippen LogP contribution in [0.5, 0.6) is 0 Å². The van der Waals surface area contributed by atoms with Gasteiger partial charge in [0.05, 0.1) is 12.4 Å². The highest BCUT2D eigenvalue weighted by atomic mass is 32.2. The fourth-order valence-electron chi connectivity index (χ4n) is 2.23. The third-order valence-corrected chi connectivity index (χ3v) is 4.02. The highest BCUT2D eigenvalue weighted by Gasteiger charge is 2.12. The molecular weight excluding hydrogens is 260 g/mol. The SMILES string of the molecule is O=C(O)c1cncc(Sc2ccc3c(c2)CCC3)n1. The second-order valence-corrected chi connectivity index (χ2v) is 5.53. The van der Waals surface area contributed by atoms with Crippen molar-refractivity contribution in [1.82, 2.24) is 9.97 Å². The molecule has 1 aromatic carbocycles. The van der Waals surface area contributed by atoms with E-state index in [0.717, 1.165) is 17.7 Å². The first kappa shape index (κ1) is 12.2. The van der Waals surface area contributed by atoms with Crippen LogP contribution < -0.4 is 0 Å². The summed E-state index contributed by atoms with van der Waals surface area (Å²) in [5.74, 6) is -1.05. The molecule has 0 saturated carbocycles. The van der Waals surface area contributed by atoms with Crippen molar-refractivity contribution in [2.24, 2.45) is 0 Å². The summed E-state index contributed by atoms with van der Waals surface area (Å²) < 4.78 is 0. The Kier molecular flexibility index (Phi) is 3.21. The molecule has 1 aliphatic rings. The lowest BCUT2D eigenvalue weighted by molar-refractivity contribution is 0.0689. The van der Waals surface area contributed by atoms with Gasteiger partial charge < -0.3 is 5.11 Å². The van der Waals surface area contributed by atoms with Crippen LogP contribution in [0.4, 0.5) is 0 Å². The number of carboxylic acids is 1. The first-order chi connectivity index (χ1) is 9.22. The molecule has 0 bridgehead atoms. The van der Waals surface area contributed by atoms with Gasteiger partial charge in [-0.05, 0) is 42.5 Å². The maximum absolute atomic E-state index is 10.8. The number of aromatic nitrogens is 2. The van der Waals surface area contributed by atoms with E-state index in [1.165, 1.54) is 35.5 Å². The standard InChI is InChI=1S/C14H12N2O2S/c17-14(18)12-7-15-8-13(16-12)19-11-5-4-9-2-1-3-10(9)6-11/h4-8H,1-3H2,(H,17,18). The van der Waals surface area contributed by atoms with Gasteiger partial charge in [-0.25, -0.2) is 9.78 Å². The van der Waals surface area contributed by atoms with Crippen LogP contribution in [0, 0.1) is 0 Å². The van der Waals surface area contributed by atoms with E-state index in [9.17, 15) is 4.79 Å². The third-order valence-electron chi connectivity index (χ3n) is 3.12. The van der Waals surface area contributed by atoms with E-state index in [2.05, 4.69) is 28.2 Å². The van der Waals surface area contributed by atoms with Gasteiger partial charge >= 0.3 is 5.97 Å². The van der Waals surface area contributed by atoms with Crippen molar-refractivity contribution in [2.45, 2.75) is 29.2 Å². The molecule has 1 aromatic heterocycles. The van der Waals surface area contributed by atoms with Crippen molar-refractivity contribution in [3.05, 3.63) is 47.4 Å². The topological polar surface area (TPSA) is 63.1 Å². The van der Waals surface area contributed by atoms with E-state index in [1.807, 2.05) is 0 Å². The molecule has 4 nitrogen and oxygen atoms in total. The van der Waals surface area contributed by atoms with Gasteiger partial charge in [-0.1, -0.05) is 17.8 Å². The van der Waals surface area contributed by atoms with Crippen LogP contribution in [0.25, 0.3) is 0 Å². The van der Waals surface area contributed by atoms with Crippen LogP contribution in [0.3, 0.4) is 0 Å². The summed E-state index contributed by atoms with van der Waals surface area (Å²) in [6, 6.07) is 6.38. The van der Waals surface area contributed by atoms with Gasteiger partial charge in [0.2, 0.25) is 0 Å². The van der Waals surface area contributed by atoms with Crippen molar-refractivity contribution >= 4 is 17.7 Å². The summed E-state index contributed by atoms with van der Waals surface area (Å²) in [5.41, 5.74) is 2.80. The molecule has 1 N–H and O–H groups in total. The summed E-state index contributed by atoms with van der Waals surface area (Å²) in [4.78, 5) is 19.9. The molecule has 0 unspecified atom stereocenters. The zero-order chi connectivity index (χ0) is 13.2. The molecule has 19 heavy (non-hydrogen) atoms.